The summed E-state index contributed by atoms with van der Waals surface area (Å²) in [5.41, 5.74) is 4.76. The molecular formula is C38H44N4O10. The van der Waals surface area contributed by atoms with Crippen LogP contribution < -0.4 is 33.7 Å². The van der Waals surface area contributed by atoms with E-state index in [2.05, 4.69) is 10.2 Å². The number of hydrogen-bond acceptors (Lipinski definition) is 12. The third kappa shape index (κ3) is 7.98. The van der Waals surface area contributed by atoms with E-state index >= 15 is 0 Å². The van der Waals surface area contributed by atoms with Gasteiger partial charge in [-0.2, -0.15) is 0 Å². The average molecular weight is 717 g/mol. The molecule has 4 aromatic carbocycles. The van der Waals surface area contributed by atoms with Crippen molar-refractivity contribution < 1.29 is 38.3 Å². The highest BCUT2D eigenvalue weighted by Gasteiger charge is 2.36. The van der Waals surface area contributed by atoms with Crippen LogP contribution in [-0.4, -0.2) is 70.4 Å². The maximum atomic E-state index is 12.3. The van der Waals surface area contributed by atoms with Gasteiger partial charge in [0.15, 0.2) is 28.7 Å². The van der Waals surface area contributed by atoms with E-state index < -0.39 is 9.85 Å². The van der Waals surface area contributed by atoms with E-state index in [1.807, 2.05) is 50.5 Å². The minimum absolute atomic E-state index is 0.0187. The van der Waals surface area contributed by atoms with Gasteiger partial charge in [-0.15, -0.1) is 0 Å². The van der Waals surface area contributed by atoms with E-state index in [4.69, 9.17) is 28.4 Å². The van der Waals surface area contributed by atoms with Crippen molar-refractivity contribution in [2.75, 3.05) is 55.6 Å². The highest BCUT2D eigenvalue weighted by atomic mass is 16.6. The molecule has 52 heavy (non-hydrogen) atoms. The summed E-state index contributed by atoms with van der Waals surface area (Å²) in [5, 5.41) is 26.8. The van der Waals surface area contributed by atoms with E-state index in [0.717, 1.165) is 29.7 Å². The van der Waals surface area contributed by atoms with Gasteiger partial charge in [0, 0.05) is 29.8 Å². The third-order valence-electron chi connectivity index (χ3n) is 9.17. The van der Waals surface area contributed by atoms with Gasteiger partial charge in [-0.25, -0.2) is 0 Å². The van der Waals surface area contributed by atoms with Crippen LogP contribution in [0.4, 0.5) is 11.4 Å². The number of nitrogens with one attached hydrogen (secondary N) is 1. The van der Waals surface area contributed by atoms with Crippen molar-refractivity contribution in [1.82, 2.24) is 10.2 Å². The van der Waals surface area contributed by atoms with Gasteiger partial charge in [0.1, 0.15) is 5.75 Å². The number of fused-ring (bicyclic) bond motifs is 1. The molecule has 0 unspecified atom stereocenters. The Morgan fingerprint density at radius 3 is 1.98 bits per heavy atom. The summed E-state index contributed by atoms with van der Waals surface area (Å²) in [5.74, 6) is 2.71. The van der Waals surface area contributed by atoms with Crippen LogP contribution in [-0.2, 0) is 32.2 Å². The largest absolute Gasteiger partial charge is 0.493 e. The Bertz CT molecular complexity index is 1950. The molecule has 5 rings (SSSR count). The van der Waals surface area contributed by atoms with Crippen LogP contribution in [0.1, 0.15) is 33.4 Å². The van der Waals surface area contributed by atoms with Gasteiger partial charge < -0.3 is 38.6 Å². The molecule has 0 saturated heterocycles. The first-order valence-electron chi connectivity index (χ1n) is 16.8. The Morgan fingerprint density at radius 1 is 0.731 bits per heavy atom. The highest BCUT2D eigenvalue weighted by molar-refractivity contribution is 5.72. The fraction of sp³-hybridized carbons (Fsp3) is 0.368. The van der Waals surface area contributed by atoms with E-state index in [0.29, 0.717) is 77.8 Å². The second kappa shape index (κ2) is 16.6. The molecule has 14 heteroatoms. The number of rotatable bonds is 16. The van der Waals surface area contributed by atoms with Gasteiger partial charge in [-0.05, 0) is 100 Å². The Kier molecular flexibility index (Phi) is 12.0. The number of nitro groups is 2. The number of nitro benzene ring substituents is 2. The lowest BCUT2D eigenvalue weighted by atomic mass is 9.95. The highest BCUT2D eigenvalue weighted by Crippen LogP contribution is 2.53. The normalized spacial score (nSPS) is 12.5. The van der Waals surface area contributed by atoms with Crippen molar-refractivity contribution in [1.29, 1.82) is 0 Å². The Balaban J connectivity index is 1.46. The molecule has 1 aliphatic rings. The minimum Gasteiger partial charge on any atom is -0.493 e. The summed E-state index contributed by atoms with van der Waals surface area (Å²) in [7, 11) is 9.71. The molecule has 276 valence electrons. The molecule has 0 bridgehead atoms. The second-order valence-electron chi connectivity index (χ2n) is 12.5. The number of likely N-dealkylation sites (N-methyl/N-ethyl adjacent to an activating group) is 2. The van der Waals surface area contributed by atoms with Gasteiger partial charge in [-0.3, -0.25) is 20.2 Å². The number of nitrogens with zero attached hydrogens (tertiary/aromatic N) is 3. The van der Waals surface area contributed by atoms with Crippen LogP contribution >= 0.6 is 0 Å². The Morgan fingerprint density at radius 2 is 1.37 bits per heavy atom. The predicted octanol–water partition coefficient (Wildman–Crippen LogP) is 6.97. The van der Waals surface area contributed by atoms with Crippen molar-refractivity contribution in [3.8, 4) is 46.0 Å². The number of hydrogen-bond donors (Lipinski definition) is 1. The summed E-state index contributed by atoms with van der Waals surface area (Å²) in [6.45, 7) is 3.48. The van der Waals surface area contributed by atoms with Crippen molar-refractivity contribution in [2.45, 2.75) is 39.2 Å². The van der Waals surface area contributed by atoms with Gasteiger partial charge >= 0.3 is 5.69 Å². The van der Waals surface area contributed by atoms with Gasteiger partial charge in [0.2, 0.25) is 11.5 Å². The summed E-state index contributed by atoms with van der Waals surface area (Å²) >= 11 is 0. The molecule has 14 nitrogen and oxygen atoms in total. The summed E-state index contributed by atoms with van der Waals surface area (Å²) in [6.07, 6.45) is 2.58. The van der Waals surface area contributed by atoms with E-state index in [1.165, 1.54) is 27.4 Å². The lowest BCUT2D eigenvalue weighted by Gasteiger charge is -2.29. The van der Waals surface area contributed by atoms with E-state index in [-0.39, 0.29) is 28.6 Å². The van der Waals surface area contributed by atoms with Crippen molar-refractivity contribution in [3.63, 3.8) is 0 Å². The molecule has 0 spiro atoms. The van der Waals surface area contributed by atoms with Crippen LogP contribution in [0.15, 0.2) is 48.5 Å². The molecule has 1 heterocycles. The molecule has 4 aromatic rings. The van der Waals surface area contributed by atoms with Crippen molar-refractivity contribution in [3.05, 3.63) is 102 Å². The van der Waals surface area contributed by atoms with Crippen LogP contribution in [0, 0.1) is 27.2 Å². The van der Waals surface area contributed by atoms with Crippen molar-refractivity contribution >= 4 is 11.4 Å². The summed E-state index contributed by atoms with van der Waals surface area (Å²) in [6, 6.07) is 14.6. The van der Waals surface area contributed by atoms with Gasteiger partial charge in [0.25, 0.3) is 5.69 Å². The molecule has 0 atom stereocenters. The lowest BCUT2D eigenvalue weighted by molar-refractivity contribution is -0.386. The Labute approximate surface area is 302 Å². The third-order valence-corrected chi connectivity index (χ3v) is 9.17. The predicted molar refractivity (Wildman–Crippen MR) is 195 cm³/mol. The number of ether oxygens (including phenoxy) is 6. The molecule has 0 aliphatic carbocycles. The first-order chi connectivity index (χ1) is 25.0. The fourth-order valence-electron chi connectivity index (χ4n) is 6.46. The molecule has 0 saturated carbocycles. The first kappa shape index (κ1) is 37.7. The number of aryl methyl sites for hydroxylation is 3. The second-order valence-corrected chi connectivity index (χ2v) is 12.5. The smallest absolute Gasteiger partial charge is 0.318 e. The molecule has 0 aromatic heterocycles. The minimum atomic E-state index is -0.450. The standard InChI is InChI=1S/C38H44N4O10/c1-23-18-33(32(48-5)21-30(23)41(43)44)51-27-12-9-24(10-13-27)8-11-25-20-34(31(47-4)19-26(25)14-16-39-2)52-36-29-22-40(3)17-15-28(29)35(42(45)46)37(49-6)38(36)50-7/h9-10,12-13,18-21,39H,8,11,14-17,22H2,1-7H3. The van der Waals surface area contributed by atoms with Crippen LogP contribution in [0.2, 0.25) is 0 Å². The summed E-state index contributed by atoms with van der Waals surface area (Å²) < 4.78 is 35.2. The maximum Gasteiger partial charge on any atom is 0.318 e. The maximum absolute atomic E-state index is 12.3. The average Bonchev–Trinajstić information content (AvgIpc) is 3.13. The van der Waals surface area contributed by atoms with E-state index in [1.54, 1.807) is 20.1 Å². The molecule has 1 N–H and O–H groups in total. The molecule has 0 radical (unpaired) electrons. The number of benzene rings is 4. The fourth-order valence-corrected chi connectivity index (χ4v) is 6.46. The topological polar surface area (TPSA) is 157 Å². The number of methoxy groups -OCH3 is 4. The zero-order valence-electron chi connectivity index (χ0n) is 30.5. The lowest BCUT2D eigenvalue weighted by Crippen LogP contribution is -2.28. The molecule has 0 fully saturated rings. The SMILES string of the molecule is CNCCc1cc(OC)c(Oc2c3c(c([N+](=O)[O-])c(OC)c2OC)CCN(C)C3)cc1CCc1ccc(Oc2cc(C)c([N+](=O)[O-])cc2OC)cc1. The van der Waals surface area contributed by atoms with E-state index in [9.17, 15) is 20.2 Å². The van der Waals surface area contributed by atoms with Crippen molar-refractivity contribution in [2.24, 2.45) is 0 Å². The van der Waals surface area contributed by atoms with Gasteiger partial charge in [0.05, 0.1) is 44.4 Å². The molecule has 1 aliphatic heterocycles. The van der Waals surface area contributed by atoms with Crippen LogP contribution in [0.5, 0.6) is 46.0 Å². The Hall–Kier alpha value is -5.60. The zero-order valence-corrected chi connectivity index (χ0v) is 30.5. The van der Waals surface area contributed by atoms with Crippen LogP contribution in [0.3, 0.4) is 0 Å². The first-order valence-corrected chi connectivity index (χ1v) is 16.8. The zero-order chi connectivity index (χ0) is 37.5. The monoisotopic (exact) mass is 716 g/mol. The molecule has 0 amide bonds. The summed E-state index contributed by atoms with van der Waals surface area (Å²) in [4.78, 5) is 24.8. The quantitative estimate of drug-likeness (QED) is 0.0940. The van der Waals surface area contributed by atoms with Gasteiger partial charge in [-0.1, -0.05) is 12.1 Å². The molecular weight excluding hydrogens is 672 g/mol. The van der Waals surface area contributed by atoms with Crippen LogP contribution in [0.25, 0.3) is 0 Å².